The molecule has 4 aromatic rings. The molecule has 150 valence electrons. The SMILES string of the molecule is C[C@@H]1O[C@H](n2c3ccccc3c3nc4cc(Cl)c(Cl)cc4nc32)[C@H](O)[C@H](O)[C@H]1O. The zero-order chi connectivity index (χ0) is 20.4. The molecule has 29 heavy (non-hydrogen) atoms. The Labute approximate surface area is 175 Å². The number of fused-ring (bicyclic) bond motifs is 4. The fourth-order valence-electron chi connectivity index (χ4n) is 3.89. The fourth-order valence-corrected chi connectivity index (χ4v) is 4.21. The summed E-state index contributed by atoms with van der Waals surface area (Å²) in [4.78, 5) is 9.44. The van der Waals surface area contributed by atoms with E-state index in [0.29, 0.717) is 32.2 Å². The van der Waals surface area contributed by atoms with Crippen LogP contribution in [0.4, 0.5) is 0 Å². The van der Waals surface area contributed by atoms with Crippen LogP contribution >= 0.6 is 23.2 Å². The summed E-state index contributed by atoms with van der Waals surface area (Å²) in [5, 5.41) is 32.6. The van der Waals surface area contributed by atoms with Crippen LogP contribution in [0.25, 0.3) is 33.1 Å². The Morgan fingerprint density at radius 2 is 1.59 bits per heavy atom. The summed E-state index contributed by atoms with van der Waals surface area (Å²) in [7, 11) is 0. The number of aliphatic hydroxyl groups excluding tert-OH is 3. The molecule has 1 aliphatic rings. The molecule has 3 heterocycles. The predicted octanol–water partition coefficient (Wildman–Crippen LogP) is 3.04. The summed E-state index contributed by atoms with van der Waals surface area (Å²) < 4.78 is 7.59. The van der Waals surface area contributed by atoms with Crippen molar-refractivity contribution in [1.29, 1.82) is 0 Å². The van der Waals surface area contributed by atoms with E-state index in [9.17, 15) is 15.3 Å². The van der Waals surface area contributed by atoms with Gasteiger partial charge in [-0.25, -0.2) is 9.97 Å². The van der Waals surface area contributed by atoms with Gasteiger partial charge in [0.15, 0.2) is 11.9 Å². The number of aromatic nitrogens is 3. The van der Waals surface area contributed by atoms with Crippen molar-refractivity contribution in [3.05, 3.63) is 46.4 Å². The van der Waals surface area contributed by atoms with Crippen molar-refractivity contribution in [3.8, 4) is 0 Å². The monoisotopic (exact) mass is 433 g/mol. The van der Waals surface area contributed by atoms with E-state index in [1.165, 1.54) is 0 Å². The standard InChI is InChI=1S/C20H17Cl2N3O4/c1-8-16(26)17(27)18(28)20(29-8)25-14-5-3-2-4-9(14)15-19(25)24-13-7-11(22)10(21)6-12(13)23-15/h2-8,16-18,20,26-28H,1H3/t8-,16-,17+,18+,20-/m0/s1. The topological polar surface area (TPSA) is 101 Å². The number of para-hydroxylation sites is 1. The number of halogens is 2. The van der Waals surface area contributed by atoms with Crippen molar-refractivity contribution >= 4 is 56.3 Å². The lowest BCUT2D eigenvalue weighted by atomic mass is 9.99. The van der Waals surface area contributed by atoms with E-state index in [1.807, 2.05) is 24.3 Å². The molecule has 1 aliphatic heterocycles. The van der Waals surface area contributed by atoms with E-state index >= 15 is 0 Å². The van der Waals surface area contributed by atoms with Crippen molar-refractivity contribution in [2.24, 2.45) is 0 Å². The maximum Gasteiger partial charge on any atom is 0.164 e. The largest absolute Gasteiger partial charge is 0.388 e. The first-order valence-electron chi connectivity index (χ1n) is 9.12. The van der Waals surface area contributed by atoms with E-state index in [0.717, 1.165) is 10.9 Å². The Kier molecular flexibility index (Phi) is 4.43. The van der Waals surface area contributed by atoms with E-state index in [2.05, 4.69) is 0 Å². The first-order chi connectivity index (χ1) is 13.9. The molecule has 9 heteroatoms. The molecule has 1 saturated heterocycles. The molecule has 0 amide bonds. The van der Waals surface area contributed by atoms with E-state index in [4.69, 9.17) is 37.9 Å². The first-order valence-corrected chi connectivity index (χ1v) is 9.87. The van der Waals surface area contributed by atoms with Gasteiger partial charge in [-0.05, 0) is 25.1 Å². The highest BCUT2D eigenvalue weighted by molar-refractivity contribution is 6.42. The highest BCUT2D eigenvalue weighted by Crippen LogP contribution is 2.37. The van der Waals surface area contributed by atoms with Gasteiger partial charge < -0.3 is 20.1 Å². The van der Waals surface area contributed by atoms with Crippen molar-refractivity contribution in [3.63, 3.8) is 0 Å². The molecule has 0 saturated carbocycles. The molecular weight excluding hydrogens is 417 g/mol. The number of benzene rings is 2. The Morgan fingerprint density at radius 1 is 0.931 bits per heavy atom. The molecule has 3 N–H and O–H groups in total. The third kappa shape index (κ3) is 2.81. The maximum atomic E-state index is 10.7. The number of nitrogens with zero attached hydrogens (tertiary/aromatic N) is 3. The van der Waals surface area contributed by atoms with Gasteiger partial charge in [-0.2, -0.15) is 0 Å². The van der Waals surface area contributed by atoms with Gasteiger partial charge in [-0.3, -0.25) is 4.57 Å². The lowest BCUT2D eigenvalue weighted by molar-refractivity contribution is -0.238. The summed E-state index contributed by atoms with van der Waals surface area (Å²) in [6, 6.07) is 10.8. The van der Waals surface area contributed by atoms with Gasteiger partial charge in [0.05, 0.1) is 32.7 Å². The van der Waals surface area contributed by atoms with E-state index < -0.39 is 30.6 Å². The second kappa shape index (κ2) is 6.77. The molecule has 5 rings (SSSR count). The molecule has 2 aromatic carbocycles. The smallest absolute Gasteiger partial charge is 0.164 e. The van der Waals surface area contributed by atoms with E-state index in [-0.39, 0.29) is 0 Å². The zero-order valence-electron chi connectivity index (χ0n) is 15.2. The van der Waals surface area contributed by atoms with Crippen molar-refractivity contribution in [2.45, 2.75) is 37.6 Å². The quantitative estimate of drug-likeness (QED) is 0.426. The minimum atomic E-state index is -1.36. The molecule has 0 radical (unpaired) electrons. The molecule has 7 nitrogen and oxygen atoms in total. The Morgan fingerprint density at radius 3 is 2.31 bits per heavy atom. The Hall–Kier alpha value is -2.00. The number of aliphatic hydroxyl groups is 3. The lowest BCUT2D eigenvalue weighted by Crippen LogP contribution is -2.54. The molecule has 1 fully saturated rings. The van der Waals surface area contributed by atoms with Crippen LogP contribution in [0.1, 0.15) is 13.2 Å². The van der Waals surface area contributed by atoms with Crippen LogP contribution in [0.3, 0.4) is 0 Å². The van der Waals surface area contributed by atoms with Crippen LogP contribution in [-0.2, 0) is 4.74 Å². The normalized spacial score (nSPS) is 27.9. The van der Waals surface area contributed by atoms with Crippen LogP contribution in [0.2, 0.25) is 10.0 Å². The second-order valence-electron chi connectivity index (χ2n) is 7.24. The molecule has 0 bridgehead atoms. The molecule has 0 aliphatic carbocycles. The van der Waals surface area contributed by atoms with Crippen LogP contribution in [0.15, 0.2) is 36.4 Å². The zero-order valence-corrected chi connectivity index (χ0v) is 16.7. The molecular formula is C20H17Cl2N3O4. The molecule has 0 spiro atoms. The summed E-state index contributed by atoms with van der Waals surface area (Å²) in [5.41, 5.74) is 2.93. The van der Waals surface area contributed by atoms with Gasteiger partial charge in [0, 0.05) is 5.39 Å². The number of hydrogen-bond acceptors (Lipinski definition) is 6. The summed E-state index contributed by atoms with van der Waals surface area (Å²) in [6.07, 6.45) is -5.55. The number of hydrogen-bond donors (Lipinski definition) is 3. The summed E-state index contributed by atoms with van der Waals surface area (Å²) >= 11 is 12.3. The van der Waals surface area contributed by atoms with Crippen molar-refractivity contribution < 1.29 is 20.1 Å². The number of ether oxygens (including phenoxy) is 1. The first kappa shape index (κ1) is 19.0. The van der Waals surface area contributed by atoms with E-state index in [1.54, 1.807) is 23.6 Å². The van der Waals surface area contributed by atoms with Crippen molar-refractivity contribution in [1.82, 2.24) is 14.5 Å². The van der Waals surface area contributed by atoms with Crippen LogP contribution in [0.5, 0.6) is 0 Å². The van der Waals surface area contributed by atoms with Gasteiger partial charge >= 0.3 is 0 Å². The predicted molar refractivity (Wildman–Crippen MR) is 110 cm³/mol. The second-order valence-corrected chi connectivity index (χ2v) is 8.06. The lowest BCUT2D eigenvalue weighted by Gasteiger charge is -2.40. The number of rotatable bonds is 1. The minimum absolute atomic E-state index is 0.358. The summed E-state index contributed by atoms with van der Waals surface area (Å²) in [5.74, 6) is 0. The third-order valence-corrected chi connectivity index (χ3v) is 6.14. The summed E-state index contributed by atoms with van der Waals surface area (Å²) in [6.45, 7) is 1.64. The van der Waals surface area contributed by atoms with Gasteiger partial charge in [0.2, 0.25) is 0 Å². The van der Waals surface area contributed by atoms with Crippen LogP contribution < -0.4 is 0 Å². The minimum Gasteiger partial charge on any atom is -0.388 e. The Balaban J connectivity index is 1.84. The van der Waals surface area contributed by atoms with Crippen LogP contribution in [-0.4, -0.2) is 54.3 Å². The Bertz CT molecular complexity index is 1260. The van der Waals surface area contributed by atoms with Crippen LogP contribution in [0, 0.1) is 0 Å². The maximum absolute atomic E-state index is 10.7. The molecule has 2 aromatic heterocycles. The van der Waals surface area contributed by atoms with Crippen molar-refractivity contribution in [2.75, 3.05) is 0 Å². The molecule has 5 atom stereocenters. The van der Waals surface area contributed by atoms with Gasteiger partial charge in [-0.1, -0.05) is 41.4 Å². The molecule has 0 unspecified atom stereocenters. The third-order valence-electron chi connectivity index (χ3n) is 5.42. The highest BCUT2D eigenvalue weighted by Gasteiger charge is 2.43. The average Bonchev–Trinajstić information content (AvgIpc) is 3.02. The fraction of sp³-hybridized carbons (Fsp3) is 0.300. The highest BCUT2D eigenvalue weighted by atomic mass is 35.5. The average molecular weight is 434 g/mol. The van der Waals surface area contributed by atoms with Gasteiger partial charge in [0.1, 0.15) is 23.8 Å². The van der Waals surface area contributed by atoms with Gasteiger partial charge in [-0.15, -0.1) is 0 Å². The van der Waals surface area contributed by atoms with Gasteiger partial charge in [0.25, 0.3) is 0 Å².